The van der Waals surface area contributed by atoms with E-state index in [4.69, 9.17) is 34.8 Å². The summed E-state index contributed by atoms with van der Waals surface area (Å²) in [6.45, 7) is 0. The van der Waals surface area contributed by atoms with Gasteiger partial charge in [-0.15, -0.1) is 22.9 Å². The molecule has 1 aromatic carbocycles. The van der Waals surface area contributed by atoms with Gasteiger partial charge in [0, 0.05) is 5.56 Å². The highest BCUT2D eigenvalue weighted by atomic mass is 35.5. The Balaban J connectivity index is 1.84. The second kappa shape index (κ2) is 5.05. The van der Waals surface area contributed by atoms with Crippen molar-refractivity contribution in [3.63, 3.8) is 0 Å². The third kappa shape index (κ3) is 2.30. The second-order valence-corrected chi connectivity index (χ2v) is 7.37. The largest absolute Gasteiger partial charge is 0.117 e. The van der Waals surface area contributed by atoms with Crippen molar-refractivity contribution in [1.82, 2.24) is 0 Å². The van der Waals surface area contributed by atoms with E-state index in [9.17, 15) is 0 Å². The van der Waals surface area contributed by atoms with Crippen LogP contribution in [-0.4, -0.2) is 0 Å². The molecule has 1 aliphatic carbocycles. The minimum atomic E-state index is -0.0614. The Morgan fingerprint density at radius 3 is 2.22 bits per heavy atom. The van der Waals surface area contributed by atoms with E-state index in [-0.39, 0.29) is 5.38 Å². The first-order valence-electron chi connectivity index (χ1n) is 5.80. The molecule has 0 aliphatic heterocycles. The van der Waals surface area contributed by atoms with Gasteiger partial charge in [-0.3, -0.25) is 0 Å². The van der Waals surface area contributed by atoms with E-state index in [1.165, 1.54) is 22.5 Å². The van der Waals surface area contributed by atoms with Crippen LogP contribution in [0.3, 0.4) is 0 Å². The van der Waals surface area contributed by atoms with E-state index in [0.717, 1.165) is 22.7 Å². The van der Waals surface area contributed by atoms with Crippen molar-refractivity contribution in [2.24, 2.45) is 5.92 Å². The summed E-state index contributed by atoms with van der Waals surface area (Å²) in [5.74, 6) is 0.409. The molecule has 18 heavy (non-hydrogen) atoms. The lowest BCUT2D eigenvalue weighted by atomic mass is 9.98. The smallest absolute Gasteiger partial charge is 0.0991 e. The third-order valence-electron chi connectivity index (χ3n) is 3.48. The third-order valence-corrected chi connectivity index (χ3v) is 5.59. The van der Waals surface area contributed by atoms with Crippen molar-refractivity contribution >= 4 is 46.1 Å². The Labute approximate surface area is 125 Å². The molecule has 0 fully saturated rings. The van der Waals surface area contributed by atoms with Gasteiger partial charge in [0.2, 0.25) is 0 Å². The zero-order valence-corrected chi connectivity index (χ0v) is 12.6. The van der Waals surface area contributed by atoms with E-state index >= 15 is 0 Å². The van der Waals surface area contributed by atoms with Crippen molar-refractivity contribution in [2.75, 3.05) is 0 Å². The maximum absolute atomic E-state index is 6.58. The van der Waals surface area contributed by atoms with Crippen LogP contribution in [0.25, 0.3) is 0 Å². The normalized spacial score (nSPS) is 16.8. The molecule has 1 atom stereocenters. The molecule has 0 N–H and O–H groups in total. The monoisotopic (exact) mass is 316 g/mol. The van der Waals surface area contributed by atoms with Gasteiger partial charge in [0.1, 0.15) is 0 Å². The van der Waals surface area contributed by atoms with Gasteiger partial charge in [-0.2, -0.15) is 0 Å². The molecule has 1 unspecified atom stereocenters. The van der Waals surface area contributed by atoms with E-state index in [1.807, 2.05) is 6.07 Å². The predicted octanol–water partition coefficient (Wildman–Crippen LogP) is 5.75. The van der Waals surface area contributed by atoms with Crippen molar-refractivity contribution < 1.29 is 0 Å². The molecule has 4 heteroatoms. The van der Waals surface area contributed by atoms with Gasteiger partial charge in [0.25, 0.3) is 0 Å². The first-order chi connectivity index (χ1) is 8.65. The minimum Gasteiger partial charge on any atom is -0.117 e. The lowest BCUT2D eigenvalue weighted by Gasteiger charge is -2.16. The van der Waals surface area contributed by atoms with Gasteiger partial charge in [-0.1, -0.05) is 47.5 Å². The van der Waals surface area contributed by atoms with E-state index in [1.54, 1.807) is 0 Å². The Kier molecular flexibility index (Phi) is 3.59. The average Bonchev–Trinajstić information content (AvgIpc) is 2.91. The van der Waals surface area contributed by atoms with Crippen molar-refractivity contribution in [3.05, 3.63) is 55.7 Å². The SMILES string of the molecule is Clc1cc(C(Cl)C2Cc3ccccc3C2)c(Cl)s1. The molecule has 0 spiro atoms. The summed E-state index contributed by atoms with van der Waals surface area (Å²) >= 11 is 20.1. The molecule has 0 saturated heterocycles. The van der Waals surface area contributed by atoms with Crippen LogP contribution in [-0.2, 0) is 12.8 Å². The van der Waals surface area contributed by atoms with E-state index in [0.29, 0.717) is 10.3 Å². The summed E-state index contributed by atoms with van der Waals surface area (Å²) in [6, 6.07) is 10.4. The zero-order chi connectivity index (χ0) is 12.7. The molecule has 0 saturated carbocycles. The van der Waals surface area contributed by atoms with E-state index < -0.39 is 0 Å². The van der Waals surface area contributed by atoms with Gasteiger partial charge in [0.15, 0.2) is 0 Å². The minimum absolute atomic E-state index is 0.0614. The van der Waals surface area contributed by atoms with Crippen LogP contribution in [0.1, 0.15) is 22.1 Å². The van der Waals surface area contributed by atoms with Gasteiger partial charge in [-0.25, -0.2) is 0 Å². The summed E-state index contributed by atoms with van der Waals surface area (Å²) in [5, 5.41) is -0.0614. The van der Waals surface area contributed by atoms with Crippen molar-refractivity contribution in [3.8, 4) is 0 Å². The summed E-state index contributed by atoms with van der Waals surface area (Å²) in [4.78, 5) is 0. The fourth-order valence-corrected chi connectivity index (χ4v) is 4.62. The molecule has 1 heterocycles. The van der Waals surface area contributed by atoms with Crippen LogP contribution >= 0.6 is 46.1 Å². The van der Waals surface area contributed by atoms with Crippen LogP contribution in [0.5, 0.6) is 0 Å². The topological polar surface area (TPSA) is 0 Å². The molecule has 0 radical (unpaired) electrons. The van der Waals surface area contributed by atoms with Crippen molar-refractivity contribution in [1.29, 1.82) is 0 Å². The van der Waals surface area contributed by atoms with Crippen LogP contribution in [0.15, 0.2) is 30.3 Å². The van der Waals surface area contributed by atoms with Gasteiger partial charge < -0.3 is 0 Å². The fraction of sp³-hybridized carbons (Fsp3) is 0.286. The molecule has 2 aromatic rings. The highest BCUT2D eigenvalue weighted by Crippen LogP contribution is 2.44. The fourth-order valence-electron chi connectivity index (χ4n) is 2.59. The summed E-state index contributed by atoms with van der Waals surface area (Å²) in [7, 11) is 0. The Morgan fingerprint density at radius 2 is 1.72 bits per heavy atom. The molecule has 1 aliphatic rings. The van der Waals surface area contributed by atoms with Crippen LogP contribution < -0.4 is 0 Å². The Hall–Kier alpha value is -0.210. The highest BCUT2D eigenvalue weighted by Gasteiger charge is 2.30. The quantitative estimate of drug-likeness (QED) is 0.619. The number of thiophene rings is 1. The molecule has 0 nitrogen and oxygen atoms in total. The molecule has 1 aromatic heterocycles. The van der Waals surface area contributed by atoms with Crippen LogP contribution in [0, 0.1) is 5.92 Å². The number of fused-ring (bicyclic) bond motifs is 1. The summed E-state index contributed by atoms with van der Waals surface area (Å²) in [6.07, 6.45) is 2.04. The lowest BCUT2D eigenvalue weighted by molar-refractivity contribution is 0.542. The molecular formula is C14H11Cl3S. The highest BCUT2D eigenvalue weighted by molar-refractivity contribution is 7.20. The number of halogens is 3. The summed E-state index contributed by atoms with van der Waals surface area (Å²) in [5.41, 5.74) is 3.79. The predicted molar refractivity (Wildman–Crippen MR) is 80.3 cm³/mol. The average molecular weight is 318 g/mol. The summed E-state index contributed by atoms with van der Waals surface area (Å²) < 4.78 is 1.42. The molecule has 0 amide bonds. The first kappa shape index (κ1) is 12.8. The Morgan fingerprint density at radius 1 is 1.11 bits per heavy atom. The maximum atomic E-state index is 6.58. The number of hydrogen-bond donors (Lipinski definition) is 0. The molecule has 0 bridgehead atoms. The zero-order valence-electron chi connectivity index (χ0n) is 9.50. The Bertz CT molecular complexity index is 551. The molecule has 3 rings (SSSR count). The lowest BCUT2D eigenvalue weighted by Crippen LogP contribution is -2.07. The van der Waals surface area contributed by atoms with Gasteiger partial charge >= 0.3 is 0 Å². The van der Waals surface area contributed by atoms with Gasteiger partial charge in [0.05, 0.1) is 14.0 Å². The number of alkyl halides is 1. The van der Waals surface area contributed by atoms with Gasteiger partial charge in [-0.05, 0) is 36.0 Å². The maximum Gasteiger partial charge on any atom is 0.0991 e. The standard InChI is InChI=1S/C14H11Cl3S/c15-12-7-11(14(17)18-12)13(16)10-5-8-3-1-2-4-9(8)6-10/h1-4,7,10,13H,5-6H2. The number of rotatable bonds is 2. The number of benzene rings is 1. The van der Waals surface area contributed by atoms with Crippen LogP contribution in [0.2, 0.25) is 8.67 Å². The van der Waals surface area contributed by atoms with Crippen molar-refractivity contribution in [2.45, 2.75) is 18.2 Å². The molecule has 94 valence electrons. The number of hydrogen-bond acceptors (Lipinski definition) is 1. The molecular weight excluding hydrogens is 307 g/mol. The first-order valence-corrected chi connectivity index (χ1v) is 7.81. The van der Waals surface area contributed by atoms with Crippen LogP contribution in [0.4, 0.5) is 0 Å². The second-order valence-electron chi connectivity index (χ2n) is 4.62. The van der Waals surface area contributed by atoms with E-state index in [2.05, 4.69) is 24.3 Å².